The van der Waals surface area contributed by atoms with Crippen LogP contribution in [0.5, 0.6) is 0 Å². The molecule has 3 rings (SSSR count). The number of carbonyl (C=O) groups is 1. The minimum Gasteiger partial charge on any atom is -0.368 e. The molecule has 1 amide bonds. The molecule has 0 aliphatic carbocycles. The number of hydrogen-bond donors (Lipinski definition) is 1. The van der Waals surface area contributed by atoms with Gasteiger partial charge in [0.05, 0.1) is 4.88 Å². The molecule has 0 bridgehead atoms. The van der Waals surface area contributed by atoms with Gasteiger partial charge in [-0.3, -0.25) is 10.1 Å². The number of amides is 1. The third-order valence-electron chi connectivity index (χ3n) is 3.65. The summed E-state index contributed by atoms with van der Waals surface area (Å²) in [4.78, 5) is 17.1. The van der Waals surface area contributed by atoms with Gasteiger partial charge in [-0.05, 0) is 35.8 Å². The molecule has 1 aromatic heterocycles. The summed E-state index contributed by atoms with van der Waals surface area (Å²) in [5.41, 5.74) is 1.23. The van der Waals surface area contributed by atoms with Crippen molar-refractivity contribution in [1.82, 2.24) is 10.2 Å². The number of rotatable bonds is 2. The summed E-state index contributed by atoms with van der Waals surface area (Å²) in [6.45, 7) is 3.44. The van der Waals surface area contributed by atoms with E-state index in [2.05, 4.69) is 27.2 Å². The predicted molar refractivity (Wildman–Crippen MR) is 94.6 cm³/mol. The molecule has 2 heterocycles. The normalized spacial score (nSPS) is 14.7. The second-order valence-corrected chi connectivity index (χ2v) is 6.38. The van der Waals surface area contributed by atoms with E-state index in [9.17, 15) is 4.79 Å². The van der Waals surface area contributed by atoms with E-state index in [4.69, 9.17) is 12.2 Å². The zero-order chi connectivity index (χ0) is 15.4. The van der Waals surface area contributed by atoms with Gasteiger partial charge in [-0.2, -0.15) is 0 Å². The van der Waals surface area contributed by atoms with Crippen LogP contribution in [0.3, 0.4) is 0 Å². The minimum absolute atomic E-state index is 0.120. The molecule has 1 aromatic carbocycles. The van der Waals surface area contributed by atoms with Gasteiger partial charge in [0.2, 0.25) is 0 Å². The van der Waals surface area contributed by atoms with Crippen LogP contribution < -0.4 is 10.2 Å². The second kappa shape index (κ2) is 6.89. The van der Waals surface area contributed by atoms with E-state index in [-0.39, 0.29) is 5.91 Å². The van der Waals surface area contributed by atoms with Crippen molar-refractivity contribution < 1.29 is 4.79 Å². The number of benzene rings is 1. The fraction of sp³-hybridized carbons (Fsp3) is 0.250. The number of nitrogens with one attached hydrogen (secondary N) is 1. The third-order valence-corrected chi connectivity index (χ3v) is 4.88. The van der Waals surface area contributed by atoms with Gasteiger partial charge in [0.25, 0.3) is 5.91 Å². The highest BCUT2D eigenvalue weighted by atomic mass is 32.1. The van der Waals surface area contributed by atoms with E-state index in [1.54, 1.807) is 6.07 Å². The fourth-order valence-corrected chi connectivity index (χ4v) is 3.35. The summed E-state index contributed by atoms with van der Waals surface area (Å²) in [5.74, 6) is -0.120. The number of hydrogen-bond acceptors (Lipinski definition) is 4. The fourth-order valence-electron chi connectivity index (χ4n) is 2.45. The molecule has 1 fully saturated rings. The Balaban J connectivity index is 1.53. The van der Waals surface area contributed by atoms with Crippen molar-refractivity contribution in [1.29, 1.82) is 0 Å². The lowest BCUT2D eigenvalue weighted by atomic mass is 10.2. The lowest BCUT2D eigenvalue weighted by Crippen LogP contribution is -2.52. The van der Waals surface area contributed by atoms with Gasteiger partial charge in [-0.25, -0.2) is 0 Å². The molecule has 1 aliphatic heterocycles. The molecule has 0 radical (unpaired) electrons. The van der Waals surface area contributed by atoms with Crippen molar-refractivity contribution in [3.63, 3.8) is 0 Å². The first-order chi connectivity index (χ1) is 10.7. The van der Waals surface area contributed by atoms with Crippen LogP contribution >= 0.6 is 23.6 Å². The molecule has 114 valence electrons. The van der Waals surface area contributed by atoms with Gasteiger partial charge in [-0.15, -0.1) is 11.3 Å². The Morgan fingerprint density at radius 2 is 1.77 bits per heavy atom. The van der Waals surface area contributed by atoms with Crippen molar-refractivity contribution in [2.24, 2.45) is 0 Å². The van der Waals surface area contributed by atoms with Crippen LogP contribution in [0.15, 0.2) is 47.8 Å². The van der Waals surface area contributed by atoms with Gasteiger partial charge in [-0.1, -0.05) is 24.3 Å². The molecular formula is C16H17N3OS2. The van der Waals surface area contributed by atoms with Crippen LogP contribution in [0.4, 0.5) is 5.69 Å². The summed E-state index contributed by atoms with van der Waals surface area (Å²) < 4.78 is 0. The van der Waals surface area contributed by atoms with E-state index in [0.29, 0.717) is 9.99 Å². The van der Waals surface area contributed by atoms with E-state index in [1.165, 1.54) is 17.0 Å². The Morgan fingerprint density at radius 1 is 1.05 bits per heavy atom. The molecular weight excluding hydrogens is 314 g/mol. The van der Waals surface area contributed by atoms with Gasteiger partial charge < -0.3 is 9.80 Å². The van der Waals surface area contributed by atoms with Gasteiger partial charge >= 0.3 is 0 Å². The summed E-state index contributed by atoms with van der Waals surface area (Å²) in [6, 6.07) is 14.0. The Kier molecular flexibility index (Phi) is 4.70. The largest absolute Gasteiger partial charge is 0.368 e. The number of anilines is 1. The molecule has 0 spiro atoms. The molecule has 0 saturated carbocycles. The van der Waals surface area contributed by atoms with Crippen LogP contribution in [0.25, 0.3) is 0 Å². The predicted octanol–water partition coefficient (Wildman–Crippen LogP) is 2.59. The standard InChI is InChI=1S/C16H17N3OS2/c20-15(14-7-4-12-22-14)17-16(21)19-10-8-18(9-11-19)13-5-2-1-3-6-13/h1-7,12H,8-11H2,(H,17,20,21). The number of piperazine rings is 1. The highest BCUT2D eigenvalue weighted by Crippen LogP contribution is 2.15. The van der Waals surface area contributed by atoms with E-state index in [1.807, 2.05) is 29.6 Å². The smallest absolute Gasteiger partial charge is 0.267 e. The number of para-hydroxylation sites is 1. The Labute approximate surface area is 139 Å². The van der Waals surface area contributed by atoms with Crippen LogP contribution in [-0.4, -0.2) is 42.1 Å². The van der Waals surface area contributed by atoms with E-state index in [0.717, 1.165) is 26.2 Å². The van der Waals surface area contributed by atoms with Crippen molar-refractivity contribution in [2.45, 2.75) is 0 Å². The first kappa shape index (κ1) is 15.0. The maximum atomic E-state index is 12.0. The molecule has 1 aliphatic rings. The highest BCUT2D eigenvalue weighted by Gasteiger charge is 2.20. The van der Waals surface area contributed by atoms with Crippen molar-refractivity contribution in [3.05, 3.63) is 52.7 Å². The summed E-state index contributed by atoms with van der Waals surface area (Å²) in [6.07, 6.45) is 0. The second-order valence-electron chi connectivity index (χ2n) is 5.05. The molecule has 0 unspecified atom stereocenters. The topological polar surface area (TPSA) is 35.6 Å². The third kappa shape index (κ3) is 3.45. The molecule has 1 N–H and O–H groups in total. The van der Waals surface area contributed by atoms with Crippen LogP contribution in [0, 0.1) is 0 Å². The number of thiocarbonyl (C=S) groups is 1. The Hall–Kier alpha value is -1.92. The van der Waals surface area contributed by atoms with E-state index >= 15 is 0 Å². The molecule has 2 aromatic rings. The molecule has 6 heteroatoms. The average molecular weight is 331 g/mol. The van der Waals surface area contributed by atoms with Crippen molar-refractivity contribution in [2.75, 3.05) is 31.1 Å². The zero-order valence-electron chi connectivity index (χ0n) is 12.1. The summed E-state index contributed by atoms with van der Waals surface area (Å²) >= 11 is 6.78. The summed E-state index contributed by atoms with van der Waals surface area (Å²) in [5, 5.41) is 5.22. The Morgan fingerprint density at radius 3 is 2.41 bits per heavy atom. The van der Waals surface area contributed by atoms with Crippen molar-refractivity contribution in [3.8, 4) is 0 Å². The first-order valence-corrected chi connectivity index (χ1v) is 8.46. The maximum absolute atomic E-state index is 12.0. The van der Waals surface area contributed by atoms with Crippen molar-refractivity contribution >= 4 is 40.3 Å². The number of thiophene rings is 1. The summed E-state index contributed by atoms with van der Waals surface area (Å²) in [7, 11) is 0. The first-order valence-electron chi connectivity index (χ1n) is 7.18. The molecule has 0 atom stereocenters. The monoisotopic (exact) mass is 331 g/mol. The highest BCUT2D eigenvalue weighted by molar-refractivity contribution is 7.80. The SMILES string of the molecule is O=C(NC(=S)N1CCN(c2ccccc2)CC1)c1cccs1. The quantitative estimate of drug-likeness (QED) is 0.858. The van der Waals surface area contributed by atoms with E-state index < -0.39 is 0 Å². The minimum atomic E-state index is -0.120. The molecule has 4 nitrogen and oxygen atoms in total. The lowest BCUT2D eigenvalue weighted by Gasteiger charge is -2.37. The number of carbonyl (C=O) groups excluding carboxylic acids is 1. The number of nitrogens with zero attached hydrogens (tertiary/aromatic N) is 2. The maximum Gasteiger partial charge on any atom is 0.267 e. The van der Waals surface area contributed by atoms with Crippen LogP contribution in [0.2, 0.25) is 0 Å². The van der Waals surface area contributed by atoms with Gasteiger partial charge in [0.15, 0.2) is 5.11 Å². The lowest BCUT2D eigenvalue weighted by molar-refractivity contribution is 0.0977. The average Bonchev–Trinajstić information content (AvgIpc) is 3.10. The van der Waals surface area contributed by atoms with Gasteiger partial charge in [0.1, 0.15) is 0 Å². The Bertz CT molecular complexity index is 635. The zero-order valence-corrected chi connectivity index (χ0v) is 13.7. The van der Waals surface area contributed by atoms with Gasteiger partial charge in [0, 0.05) is 31.9 Å². The molecule has 1 saturated heterocycles. The van der Waals surface area contributed by atoms with Crippen LogP contribution in [-0.2, 0) is 0 Å². The van der Waals surface area contributed by atoms with Crippen LogP contribution in [0.1, 0.15) is 9.67 Å². The molecule has 22 heavy (non-hydrogen) atoms.